The van der Waals surface area contributed by atoms with Crippen molar-refractivity contribution >= 4 is 5.91 Å². The summed E-state index contributed by atoms with van der Waals surface area (Å²) in [6, 6.07) is 11.1. The lowest BCUT2D eigenvalue weighted by Crippen LogP contribution is -2.39. The summed E-state index contributed by atoms with van der Waals surface area (Å²) in [6.45, 7) is 5.90. The summed E-state index contributed by atoms with van der Waals surface area (Å²) in [5.74, 6) is 0.562. The summed E-state index contributed by atoms with van der Waals surface area (Å²) >= 11 is 0. The first-order valence-corrected chi connectivity index (χ1v) is 7.87. The molecule has 24 heavy (non-hydrogen) atoms. The number of hydrogen-bond donors (Lipinski definition) is 1. The number of likely N-dealkylation sites (N-methyl/N-ethyl adjacent to an activating group) is 1. The Balaban J connectivity index is 2.02. The van der Waals surface area contributed by atoms with Gasteiger partial charge in [-0.25, -0.2) is 0 Å². The summed E-state index contributed by atoms with van der Waals surface area (Å²) < 4.78 is 5.70. The van der Waals surface area contributed by atoms with Gasteiger partial charge >= 0.3 is 0 Å². The van der Waals surface area contributed by atoms with Gasteiger partial charge in [0.15, 0.2) is 0 Å². The lowest BCUT2D eigenvalue weighted by molar-refractivity contribution is 0.0368. The van der Waals surface area contributed by atoms with Crippen LogP contribution in [0.2, 0.25) is 0 Å². The van der Waals surface area contributed by atoms with Crippen molar-refractivity contribution in [2.45, 2.75) is 33.0 Å². The molecule has 128 valence electrons. The molecule has 0 aliphatic heterocycles. The predicted molar refractivity (Wildman–Crippen MR) is 93.0 cm³/mol. The molecule has 1 N–H and O–H groups in total. The van der Waals surface area contributed by atoms with E-state index in [1.54, 1.807) is 33.2 Å². The first-order chi connectivity index (χ1) is 11.2. The molecule has 0 aliphatic rings. The number of aryl methyl sites for hydroxylation is 1. The number of rotatable bonds is 6. The second-order valence-corrected chi connectivity index (χ2v) is 6.60. The van der Waals surface area contributed by atoms with Crippen LogP contribution in [0, 0.1) is 6.92 Å². The molecule has 0 saturated heterocycles. The second-order valence-electron chi connectivity index (χ2n) is 6.60. The number of carbonyl (C=O) groups is 1. The van der Waals surface area contributed by atoms with Crippen LogP contribution in [0.15, 0.2) is 42.6 Å². The number of pyridine rings is 1. The van der Waals surface area contributed by atoms with E-state index in [4.69, 9.17) is 4.74 Å². The third-order valence-corrected chi connectivity index (χ3v) is 3.43. The first kappa shape index (κ1) is 17.9. The topological polar surface area (TPSA) is 62.7 Å². The predicted octanol–water partition coefficient (Wildman–Crippen LogP) is 2.81. The van der Waals surface area contributed by atoms with Gasteiger partial charge in [0.05, 0.1) is 11.8 Å². The zero-order chi connectivity index (χ0) is 17.7. The van der Waals surface area contributed by atoms with Gasteiger partial charge in [-0.3, -0.25) is 9.78 Å². The molecule has 5 heteroatoms. The van der Waals surface area contributed by atoms with Crippen molar-refractivity contribution in [1.82, 2.24) is 9.88 Å². The van der Waals surface area contributed by atoms with Gasteiger partial charge < -0.3 is 14.7 Å². The smallest absolute Gasteiger partial charge is 0.253 e. The maximum atomic E-state index is 12.5. The summed E-state index contributed by atoms with van der Waals surface area (Å²) in [6.07, 6.45) is 1.68. The summed E-state index contributed by atoms with van der Waals surface area (Å²) in [5.41, 5.74) is 1.48. The van der Waals surface area contributed by atoms with E-state index >= 15 is 0 Å². The number of ether oxygens (including phenoxy) is 1. The van der Waals surface area contributed by atoms with Crippen LogP contribution in [0.4, 0.5) is 0 Å². The normalized spacial score (nSPS) is 11.2. The van der Waals surface area contributed by atoms with E-state index in [0.717, 1.165) is 11.3 Å². The summed E-state index contributed by atoms with van der Waals surface area (Å²) in [5, 5.41) is 9.85. The molecule has 2 aromatic rings. The van der Waals surface area contributed by atoms with E-state index in [1.165, 1.54) is 4.90 Å². The first-order valence-electron chi connectivity index (χ1n) is 7.87. The molecular formula is C19H24N2O3. The molecule has 0 unspecified atom stereocenters. The fourth-order valence-electron chi connectivity index (χ4n) is 2.37. The minimum absolute atomic E-state index is 0.129. The average molecular weight is 328 g/mol. The quantitative estimate of drug-likeness (QED) is 0.886. The Bertz CT molecular complexity index is 691. The Labute approximate surface area is 142 Å². The third-order valence-electron chi connectivity index (χ3n) is 3.43. The fraction of sp³-hybridized carbons (Fsp3) is 0.368. The molecule has 0 fully saturated rings. The van der Waals surface area contributed by atoms with Crippen LogP contribution in [0.5, 0.6) is 5.75 Å². The van der Waals surface area contributed by atoms with Crippen LogP contribution >= 0.6 is 0 Å². The third kappa shape index (κ3) is 5.35. The van der Waals surface area contributed by atoms with Gasteiger partial charge in [0.25, 0.3) is 5.91 Å². The van der Waals surface area contributed by atoms with Crippen LogP contribution in [0.3, 0.4) is 0 Å². The summed E-state index contributed by atoms with van der Waals surface area (Å²) in [7, 11) is 1.68. The molecule has 0 saturated carbocycles. The zero-order valence-corrected chi connectivity index (χ0v) is 14.6. The molecule has 0 aliphatic carbocycles. The monoisotopic (exact) mass is 328 g/mol. The molecule has 1 aromatic carbocycles. The van der Waals surface area contributed by atoms with Crippen LogP contribution < -0.4 is 4.74 Å². The van der Waals surface area contributed by atoms with Gasteiger partial charge in [-0.2, -0.15) is 0 Å². The lowest BCUT2D eigenvalue weighted by atomic mass is 10.1. The number of aromatic nitrogens is 1. The Hall–Kier alpha value is -2.40. The molecule has 1 aromatic heterocycles. The van der Waals surface area contributed by atoms with E-state index in [-0.39, 0.29) is 12.5 Å². The van der Waals surface area contributed by atoms with Crippen molar-refractivity contribution in [3.05, 3.63) is 59.4 Å². The van der Waals surface area contributed by atoms with Crippen LogP contribution in [-0.2, 0) is 6.61 Å². The lowest BCUT2D eigenvalue weighted by Gasteiger charge is -2.25. The molecule has 0 spiro atoms. The number of carbonyl (C=O) groups excluding carboxylic acids is 1. The Kier molecular flexibility index (Phi) is 5.57. The highest BCUT2D eigenvalue weighted by atomic mass is 16.5. The Morgan fingerprint density at radius 2 is 2.04 bits per heavy atom. The molecule has 0 atom stereocenters. The number of hydrogen-bond acceptors (Lipinski definition) is 4. The number of nitrogens with zero attached hydrogens (tertiary/aromatic N) is 2. The van der Waals surface area contributed by atoms with E-state index in [1.807, 2.05) is 37.3 Å². The van der Waals surface area contributed by atoms with Gasteiger partial charge in [-0.15, -0.1) is 0 Å². The molecule has 2 rings (SSSR count). The number of aliphatic hydroxyl groups is 1. The Morgan fingerprint density at radius 3 is 2.67 bits per heavy atom. The summed E-state index contributed by atoms with van der Waals surface area (Å²) in [4.78, 5) is 18.2. The molecule has 5 nitrogen and oxygen atoms in total. The van der Waals surface area contributed by atoms with Crippen molar-refractivity contribution in [3.63, 3.8) is 0 Å². The van der Waals surface area contributed by atoms with Gasteiger partial charge in [0.2, 0.25) is 0 Å². The molecular weight excluding hydrogens is 304 g/mol. The standard InChI is InChI=1S/C19H24N2O3/c1-14-8-9-17(11-20-14)24-12-15-6-5-7-16(10-15)18(22)21(4)13-19(2,3)23/h5-11,23H,12-13H2,1-4H3. The Morgan fingerprint density at radius 1 is 1.29 bits per heavy atom. The molecule has 0 bridgehead atoms. The van der Waals surface area contributed by atoms with Gasteiger partial charge in [-0.1, -0.05) is 12.1 Å². The maximum absolute atomic E-state index is 12.5. The average Bonchev–Trinajstić information content (AvgIpc) is 2.52. The van der Waals surface area contributed by atoms with Gasteiger partial charge in [-0.05, 0) is 50.6 Å². The van der Waals surface area contributed by atoms with Gasteiger partial charge in [0, 0.05) is 24.8 Å². The van der Waals surface area contributed by atoms with Crippen LogP contribution in [0.25, 0.3) is 0 Å². The van der Waals surface area contributed by atoms with Crippen molar-refractivity contribution in [2.24, 2.45) is 0 Å². The second kappa shape index (κ2) is 7.45. The minimum atomic E-state index is -0.927. The van der Waals surface area contributed by atoms with Gasteiger partial charge in [0.1, 0.15) is 12.4 Å². The fourth-order valence-corrected chi connectivity index (χ4v) is 2.37. The highest BCUT2D eigenvalue weighted by molar-refractivity contribution is 5.94. The van der Waals surface area contributed by atoms with Crippen molar-refractivity contribution in [3.8, 4) is 5.75 Å². The molecule has 1 amide bonds. The van der Waals surface area contributed by atoms with Crippen LogP contribution in [-0.4, -0.2) is 40.1 Å². The molecule has 0 radical (unpaired) electrons. The maximum Gasteiger partial charge on any atom is 0.253 e. The number of benzene rings is 1. The largest absolute Gasteiger partial charge is 0.487 e. The van der Waals surface area contributed by atoms with E-state index < -0.39 is 5.60 Å². The van der Waals surface area contributed by atoms with E-state index in [9.17, 15) is 9.90 Å². The zero-order valence-electron chi connectivity index (χ0n) is 14.6. The SMILES string of the molecule is Cc1ccc(OCc2cccc(C(=O)N(C)CC(C)(C)O)c2)cn1. The van der Waals surface area contributed by atoms with E-state index in [0.29, 0.717) is 17.9 Å². The van der Waals surface area contributed by atoms with Crippen LogP contribution in [0.1, 0.15) is 35.5 Å². The highest BCUT2D eigenvalue weighted by Gasteiger charge is 2.20. The van der Waals surface area contributed by atoms with E-state index in [2.05, 4.69) is 4.98 Å². The number of amides is 1. The highest BCUT2D eigenvalue weighted by Crippen LogP contribution is 2.14. The van der Waals surface area contributed by atoms with Crippen molar-refractivity contribution in [2.75, 3.05) is 13.6 Å². The van der Waals surface area contributed by atoms with Crippen molar-refractivity contribution in [1.29, 1.82) is 0 Å². The van der Waals surface area contributed by atoms with Crippen molar-refractivity contribution < 1.29 is 14.6 Å². The minimum Gasteiger partial charge on any atom is -0.487 e. The molecule has 1 heterocycles.